The number of methoxy groups -OCH3 is 1. The lowest BCUT2D eigenvalue weighted by atomic mass is 10.0. The molecule has 0 aliphatic heterocycles. The maximum Gasteiger partial charge on any atom is 0.235 e. The van der Waals surface area contributed by atoms with Crippen molar-refractivity contribution >= 4 is 5.78 Å². The standard InChI is InChI=1S/C25H17F2N3O/c1-31-19-10-7-17(8-11-19)24-23(20-12-9-18(26)15-21(20)27)29-25-28-22(13-14-30(24)25)16-5-3-2-4-6-16/h2-15H,1H3. The molecular formula is C25H17F2N3O. The summed E-state index contributed by atoms with van der Waals surface area (Å²) in [5.74, 6) is -0.190. The van der Waals surface area contributed by atoms with Gasteiger partial charge >= 0.3 is 0 Å². The van der Waals surface area contributed by atoms with Crippen molar-refractivity contribution in [2.75, 3.05) is 7.11 Å². The van der Waals surface area contributed by atoms with Crippen molar-refractivity contribution in [3.8, 4) is 39.5 Å². The van der Waals surface area contributed by atoms with Gasteiger partial charge in [0, 0.05) is 29.0 Å². The molecule has 0 bridgehead atoms. The van der Waals surface area contributed by atoms with E-state index in [4.69, 9.17) is 4.74 Å². The number of ether oxygens (including phenoxy) is 1. The molecule has 152 valence electrons. The molecule has 0 saturated heterocycles. The second-order valence-electron chi connectivity index (χ2n) is 7.01. The number of hydrogen-bond acceptors (Lipinski definition) is 3. The summed E-state index contributed by atoms with van der Waals surface area (Å²) in [7, 11) is 1.59. The van der Waals surface area contributed by atoms with E-state index in [9.17, 15) is 8.78 Å². The molecule has 3 aromatic carbocycles. The number of benzene rings is 3. The van der Waals surface area contributed by atoms with Gasteiger partial charge in [0.05, 0.1) is 18.5 Å². The Balaban J connectivity index is 1.76. The van der Waals surface area contributed by atoms with Crippen molar-refractivity contribution in [1.29, 1.82) is 0 Å². The molecule has 6 heteroatoms. The quantitative estimate of drug-likeness (QED) is 0.362. The van der Waals surface area contributed by atoms with Crippen LogP contribution in [0.1, 0.15) is 0 Å². The molecule has 2 heterocycles. The van der Waals surface area contributed by atoms with Crippen LogP contribution in [-0.4, -0.2) is 21.5 Å². The van der Waals surface area contributed by atoms with Crippen LogP contribution in [0.5, 0.6) is 5.75 Å². The van der Waals surface area contributed by atoms with E-state index in [1.165, 1.54) is 12.1 Å². The predicted octanol–water partition coefficient (Wildman–Crippen LogP) is 6.02. The molecule has 0 spiro atoms. The summed E-state index contributed by atoms with van der Waals surface area (Å²) in [4.78, 5) is 9.33. The maximum atomic E-state index is 14.7. The van der Waals surface area contributed by atoms with Crippen LogP contribution < -0.4 is 4.74 Å². The van der Waals surface area contributed by atoms with E-state index in [-0.39, 0.29) is 5.56 Å². The van der Waals surface area contributed by atoms with E-state index in [0.29, 0.717) is 22.9 Å². The average molecular weight is 413 g/mol. The molecule has 2 aromatic heterocycles. The Bertz CT molecular complexity index is 1380. The molecule has 0 amide bonds. The van der Waals surface area contributed by atoms with Gasteiger partial charge in [-0.3, -0.25) is 4.40 Å². The van der Waals surface area contributed by atoms with Gasteiger partial charge in [-0.05, 0) is 42.5 Å². The summed E-state index contributed by atoms with van der Waals surface area (Å²) < 4.78 is 35.3. The molecule has 5 aromatic rings. The Morgan fingerprint density at radius 3 is 2.29 bits per heavy atom. The van der Waals surface area contributed by atoms with Gasteiger partial charge in [0.15, 0.2) is 0 Å². The summed E-state index contributed by atoms with van der Waals surface area (Å²) in [6.07, 6.45) is 1.86. The topological polar surface area (TPSA) is 39.4 Å². The first kappa shape index (κ1) is 18.9. The molecule has 0 aliphatic carbocycles. The largest absolute Gasteiger partial charge is 0.497 e. The molecule has 0 fully saturated rings. The second kappa shape index (κ2) is 7.65. The minimum absolute atomic E-state index is 0.207. The van der Waals surface area contributed by atoms with Gasteiger partial charge in [0.25, 0.3) is 0 Å². The Hall–Kier alpha value is -4.06. The van der Waals surface area contributed by atoms with E-state index < -0.39 is 11.6 Å². The number of imidazole rings is 1. The van der Waals surface area contributed by atoms with Gasteiger partial charge in [-0.15, -0.1) is 0 Å². The average Bonchev–Trinajstić information content (AvgIpc) is 3.18. The number of nitrogens with zero attached hydrogens (tertiary/aromatic N) is 3. The van der Waals surface area contributed by atoms with E-state index >= 15 is 0 Å². The van der Waals surface area contributed by atoms with Gasteiger partial charge in [-0.25, -0.2) is 18.7 Å². The third-order valence-electron chi connectivity index (χ3n) is 5.11. The van der Waals surface area contributed by atoms with Crippen LogP contribution in [0.4, 0.5) is 8.78 Å². The smallest absolute Gasteiger partial charge is 0.235 e. The summed E-state index contributed by atoms with van der Waals surface area (Å²) >= 11 is 0. The zero-order valence-corrected chi connectivity index (χ0v) is 16.6. The van der Waals surface area contributed by atoms with Crippen molar-refractivity contribution in [3.05, 3.63) is 96.7 Å². The highest BCUT2D eigenvalue weighted by Gasteiger charge is 2.20. The molecule has 0 saturated carbocycles. The minimum Gasteiger partial charge on any atom is -0.497 e. The van der Waals surface area contributed by atoms with Crippen molar-refractivity contribution in [1.82, 2.24) is 14.4 Å². The third kappa shape index (κ3) is 3.42. The maximum absolute atomic E-state index is 14.7. The summed E-state index contributed by atoms with van der Waals surface area (Å²) in [5, 5.41) is 0. The molecule has 0 atom stereocenters. The fraction of sp³-hybridized carbons (Fsp3) is 0.0400. The summed E-state index contributed by atoms with van der Waals surface area (Å²) in [6, 6.07) is 22.5. The lowest BCUT2D eigenvalue weighted by Crippen LogP contribution is -1.94. The van der Waals surface area contributed by atoms with Crippen LogP contribution in [0.15, 0.2) is 85.1 Å². The normalized spacial score (nSPS) is 11.1. The highest BCUT2D eigenvalue weighted by atomic mass is 19.1. The molecule has 4 nitrogen and oxygen atoms in total. The zero-order valence-electron chi connectivity index (χ0n) is 16.6. The van der Waals surface area contributed by atoms with Crippen molar-refractivity contribution in [3.63, 3.8) is 0 Å². The van der Waals surface area contributed by atoms with Gasteiger partial charge < -0.3 is 4.74 Å². The van der Waals surface area contributed by atoms with Crippen LogP contribution in [0, 0.1) is 11.6 Å². The SMILES string of the molecule is COc1ccc(-c2c(-c3ccc(F)cc3F)nc3nc(-c4ccccc4)ccn23)cc1. The molecule has 5 rings (SSSR count). The van der Waals surface area contributed by atoms with Gasteiger partial charge in [-0.1, -0.05) is 30.3 Å². The number of fused-ring (bicyclic) bond motifs is 1. The van der Waals surface area contributed by atoms with Gasteiger partial charge in [-0.2, -0.15) is 0 Å². The first-order chi connectivity index (χ1) is 15.1. The molecule has 31 heavy (non-hydrogen) atoms. The van der Waals surface area contributed by atoms with E-state index in [2.05, 4.69) is 9.97 Å². The van der Waals surface area contributed by atoms with Crippen LogP contribution in [-0.2, 0) is 0 Å². The Labute approximate surface area is 177 Å². The van der Waals surface area contributed by atoms with Crippen molar-refractivity contribution in [2.45, 2.75) is 0 Å². The lowest BCUT2D eigenvalue weighted by Gasteiger charge is -2.08. The van der Waals surface area contributed by atoms with E-state index in [1.54, 1.807) is 7.11 Å². The molecule has 0 N–H and O–H groups in total. The highest BCUT2D eigenvalue weighted by Crippen LogP contribution is 2.35. The van der Waals surface area contributed by atoms with Crippen molar-refractivity contribution in [2.24, 2.45) is 0 Å². The first-order valence-corrected chi connectivity index (χ1v) is 9.68. The van der Waals surface area contributed by atoms with Crippen LogP contribution in [0.25, 0.3) is 39.5 Å². The monoisotopic (exact) mass is 413 g/mol. The minimum atomic E-state index is -0.679. The molecule has 0 aliphatic rings. The molecular weight excluding hydrogens is 396 g/mol. The van der Waals surface area contributed by atoms with Crippen molar-refractivity contribution < 1.29 is 13.5 Å². The van der Waals surface area contributed by atoms with Crippen LogP contribution >= 0.6 is 0 Å². The van der Waals surface area contributed by atoms with E-state index in [1.807, 2.05) is 71.3 Å². The van der Waals surface area contributed by atoms with Gasteiger partial charge in [0.2, 0.25) is 5.78 Å². The highest BCUT2D eigenvalue weighted by molar-refractivity contribution is 5.82. The van der Waals surface area contributed by atoms with Gasteiger partial charge in [0.1, 0.15) is 23.1 Å². The second-order valence-corrected chi connectivity index (χ2v) is 7.01. The fourth-order valence-electron chi connectivity index (χ4n) is 3.59. The Kier molecular flexibility index (Phi) is 4.67. The van der Waals surface area contributed by atoms with Crippen LogP contribution in [0.3, 0.4) is 0 Å². The zero-order chi connectivity index (χ0) is 21.4. The third-order valence-corrected chi connectivity index (χ3v) is 5.11. The molecule has 0 radical (unpaired) electrons. The molecule has 0 unspecified atom stereocenters. The number of aromatic nitrogens is 3. The summed E-state index contributed by atoms with van der Waals surface area (Å²) in [6.45, 7) is 0. The van der Waals surface area contributed by atoms with E-state index in [0.717, 1.165) is 22.9 Å². The Morgan fingerprint density at radius 1 is 0.806 bits per heavy atom. The number of hydrogen-bond donors (Lipinski definition) is 0. The number of halogens is 2. The fourth-order valence-corrected chi connectivity index (χ4v) is 3.59. The summed E-state index contributed by atoms with van der Waals surface area (Å²) in [5.41, 5.74) is 3.77. The Morgan fingerprint density at radius 2 is 1.58 bits per heavy atom. The lowest BCUT2D eigenvalue weighted by molar-refractivity contribution is 0.415. The predicted molar refractivity (Wildman–Crippen MR) is 116 cm³/mol. The number of rotatable bonds is 4. The first-order valence-electron chi connectivity index (χ1n) is 9.68. The van der Waals surface area contributed by atoms with Crippen LogP contribution in [0.2, 0.25) is 0 Å².